The first-order valence-electron chi connectivity index (χ1n) is 5.51. The lowest BCUT2D eigenvalue weighted by Gasteiger charge is -2.23. The number of aromatic nitrogens is 2. The molecule has 3 rings (SSSR count). The second-order valence-electron chi connectivity index (χ2n) is 4.13. The lowest BCUT2D eigenvalue weighted by atomic mass is 10.2. The molecule has 0 amide bonds. The number of hydrogen-bond acceptors (Lipinski definition) is 4. The quantitative estimate of drug-likeness (QED) is 0.760. The number of rotatable bonds is 2. The number of nitrogens with zero attached hydrogens (tertiary/aromatic N) is 2. The first-order chi connectivity index (χ1) is 8.22. The lowest BCUT2D eigenvalue weighted by molar-refractivity contribution is -0.714. The van der Waals surface area contributed by atoms with Crippen LogP contribution in [0.5, 0.6) is 5.88 Å². The molecular weight excluding hydrogens is 222 g/mol. The van der Waals surface area contributed by atoms with Gasteiger partial charge in [-0.25, -0.2) is 4.52 Å². The van der Waals surface area contributed by atoms with Crippen molar-refractivity contribution in [2.24, 2.45) is 0 Å². The molecule has 2 aromatic heterocycles. The summed E-state index contributed by atoms with van der Waals surface area (Å²) in [5.74, 6) is 0.116. The molecule has 0 spiro atoms. The molecule has 0 atom stereocenters. The summed E-state index contributed by atoms with van der Waals surface area (Å²) in [6.07, 6.45) is 3.02. The number of pyridine rings is 1. The molecule has 6 nitrogen and oxygen atoms in total. The van der Waals surface area contributed by atoms with E-state index in [0.717, 1.165) is 25.0 Å². The van der Waals surface area contributed by atoms with Crippen molar-refractivity contribution in [2.45, 2.75) is 19.3 Å². The van der Waals surface area contributed by atoms with E-state index in [-0.39, 0.29) is 11.6 Å². The van der Waals surface area contributed by atoms with Gasteiger partial charge in [0.05, 0.1) is 7.11 Å². The monoisotopic (exact) mass is 234 g/mol. The Morgan fingerprint density at radius 2 is 2.18 bits per heavy atom. The highest BCUT2D eigenvalue weighted by Gasteiger charge is 2.22. The van der Waals surface area contributed by atoms with E-state index in [1.165, 1.54) is 12.7 Å². The standard InChI is InChI=1S/C11H12N3O3/c1-17-11-10(14(15)16)9-6-5-7-3-2-4-8(7)13(9)12-11/h5-6,14H,2-4H2,1H3/q-1. The molecule has 0 fully saturated rings. The number of nitrogens with one attached hydrogen (secondary N) is 1. The molecule has 0 aliphatic heterocycles. The zero-order chi connectivity index (χ0) is 12.0. The minimum atomic E-state index is -1.25. The Balaban J connectivity index is 2.33. The fourth-order valence-corrected chi connectivity index (χ4v) is 2.46. The lowest BCUT2D eigenvalue weighted by Crippen LogP contribution is -2.96. The molecule has 2 heterocycles. The largest absolute Gasteiger partial charge is 0.627 e. The summed E-state index contributed by atoms with van der Waals surface area (Å²) in [6, 6.07) is 3.73. The van der Waals surface area contributed by atoms with E-state index in [2.05, 4.69) is 5.10 Å². The Morgan fingerprint density at radius 3 is 2.88 bits per heavy atom. The van der Waals surface area contributed by atoms with Gasteiger partial charge in [-0.1, -0.05) is 6.07 Å². The van der Waals surface area contributed by atoms with Crippen LogP contribution >= 0.6 is 0 Å². The van der Waals surface area contributed by atoms with Crippen LogP contribution in [0.15, 0.2) is 12.1 Å². The summed E-state index contributed by atoms with van der Waals surface area (Å²) in [5.41, 5.74) is 2.88. The maximum absolute atomic E-state index is 11.1. The number of ether oxygens (including phenoxy) is 1. The summed E-state index contributed by atoms with van der Waals surface area (Å²) in [6.45, 7) is 0. The first-order valence-corrected chi connectivity index (χ1v) is 5.51. The maximum atomic E-state index is 11.1. The van der Waals surface area contributed by atoms with Gasteiger partial charge in [0.25, 0.3) is 5.88 Å². The van der Waals surface area contributed by atoms with Crippen LogP contribution in [0.25, 0.3) is 5.52 Å². The smallest absolute Gasteiger partial charge is 0.297 e. The number of hydrogen-bond donors (Lipinski definition) is 1. The van der Waals surface area contributed by atoms with E-state index in [0.29, 0.717) is 5.52 Å². The minimum absolute atomic E-state index is 0.0298. The Labute approximate surface area is 97.6 Å². The van der Waals surface area contributed by atoms with Crippen molar-refractivity contribution in [1.29, 1.82) is 0 Å². The van der Waals surface area contributed by atoms with Gasteiger partial charge in [0.15, 0.2) is 0 Å². The highest BCUT2D eigenvalue weighted by atomic mass is 16.8. The molecule has 2 aromatic rings. The molecule has 0 saturated heterocycles. The number of aryl methyl sites for hydroxylation is 2. The predicted octanol–water partition coefficient (Wildman–Crippen LogP) is 0.344. The van der Waals surface area contributed by atoms with Gasteiger partial charge in [-0.15, -0.1) is 5.10 Å². The zero-order valence-electron chi connectivity index (χ0n) is 9.40. The fourth-order valence-electron chi connectivity index (χ4n) is 2.46. The molecule has 1 N–H and O–H groups in total. The highest BCUT2D eigenvalue weighted by molar-refractivity contribution is 5.71. The molecule has 1 aliphatic carbocycles. The van der Waals surface area contributed by atoms with Crippen LogP contribution in [0, 0.1) is 10.4 Å². The summed E-state index contributed by atoms with van der Waals surface area (Å²) in [4.78, 5) is 0. The normalized spacial score (nSPS) is 14.6. The second kappa shape index (κ2) is 3.69. The van der Waals surface area contributed by atoms with Gasteiger partial charge >= 0.3 is 0 Å². The summed E-state index contributed by atoms with van der Waals surface area (Å²) in [5, 5.41) is 25.2. The van der Waals surface area contributed by atoms with Crippen LogP contribution in [-0.4, -0.2) is 16.7 Å². The second-order valence-corrected chi connectivity index (χ2v) is 4.13. The zero-order valence-corrected chi connectivity index (χ0v) is 9.40. The molecule has 90 valence electrons. The number of fused-ring (bicyclic) bond motifs is 3. The molecular formula is C11H12N3O3-. The molecule has 0 radical (unpaired) electrons. The van der Waals surface area contributed by atoms with E-state index in [1.54, 1.807) is 10.6 Å². The van der Waals surface area contributed by atoms with Crippen LogP contribution in [0.4, 0.5) is 5.69 Å². The van der Waals surface area contributed by atoms with Crippen molar-refractivity contribution in [3.05, 3.63) is 33.8 Å². The topological polar surface area (TPSA) is 77.1 Å². The van der Waals surface area contributed by atoms with Gasteiger partial charge in [0, 0.05) is 5.69 Å². The Bertz CT molecular complexity index is 577. The average Bonchev–Trinajstić information content (AvgIpc) is 2.91. The van der Waals surface area contributed by atoms with Crippen LogP contribution in [0.3, 0.4) is 0 Å². The molecule has 6 heteroatoms. The van der Waals surface area contributed by atoms with Gasteiger partial charge in [-0.2, -0.15) is 0 Å². The van der Waals surface area contributed by atoms with Crippen molar-refractivity contribution in [2.75, 3.05) is 7.11 Å². The third kappa shape index (κ3) is 1.42. The Hall–Kier alpha value is -1.63. The van der Waals surface area contributed by atoms with Gasteiger partial charge in [0.1, 0.15) is 5.52 Å². The summed E-state index contributed by atoms with van der Waals surface area (Å²) < 4.78 is 6.67. The van der Waals surface area contributed by atoms with E-state index >= 15 is 0 Å². The predicted molar refractivity (Wildman–Crippen MR) is 61.1 cm³/mol. The van der Waals surface area contributed by atoms with Crippen molar-refractivity contribution >= 4 is 11.2 Å². The third-order valence-corrected chi connectivity index (χ3v) is 3.21. The molecule has 0 saturated carbocycles. The van der Waals surface area contributed by atoms with Crippen LogP contribution in [0.1, 0.15) is 17.7 Å². The first kappa shape index (κ1) is 10.5. The minimum Gasteiger partial charge on any atom is -0.627 e. The van der Waals surface area contributed by atoms with E-state index in [4.69, 9.17) is 4.74 Å². The van der Waals surface area contributed by atoms with Crippen LogP contribution in [0.2, 0.25) is 0 Å². The molecule has 0 bridgehead atoms. The Kier molecular flexibility index (Phi) is 2.29. The highest BCUT2D eigenvalue weighted by Crippen LogP contribution is 2.30. The van der Waals surface area contributed by atoms with E-state index in [1.807, 2.05) is 6.07 Å². The van der Waals surface area contributed by atoms with Crippen molar-refractivity contribution < 1.29 is 9.96 Å². The van der Waals surface area contributed by atoms with Gasteiger partial charge < -0.3 is 20.4 Å². The molecule has 0 unspecified atom stereocenters. The maximum Gasteiger partial charge on any atom is 0.297 e. The molecule has 0 aromatic carbocycles. The van der Waals surface area contributed by atoms with E-state index in [9.17, 15) is 10.4 Å². The number of methoxy groups -OCH3 is 1. The van der Waals surface area contributed by atoms with E-state index < -0.39 is 5.23 Å². The Morgan fingerprint density at radius 1 is 1.35 bits per heavy atom. The fraction of sp³-hybridized carbons (Fsp3) is 0.364. The average molecular weight is 234 g/mol. The SMILES string of the molecule is COc1nn2c3c(ccc2c1[NH+]([O-])[O-])CCC3. The molecule has 1 aliphatic rings. The van der Waals surface area contributed by atoms with Crippen molar-refractivity contribution in [3.8, 4) is 5.88 Å². The van der Waals surface area contributed by atoms with Crippen molar-refractivity contribution in [3.63, 3.8) is 0 Å². The van der Waals surface area contributed by atoms with Crippen molar-refractivity contribution in [1.82, 2.24) is 9.61 Å². The van der Waals surface area contributed by atoms with Gasteiger partial charge in [0.2, 0.25) is 5.69 Å². The van der Waals surface area contributed by atoms with Crippen LogP contribution in [-0.2, 0) is 12.8 Å². The number of quaternary nitrogens is 1. The van der Waals surface area contributed by atoms with Gasteiger partial charge in [-0.3, -0.25) is 0 Å². The summed E-state index contributed by atoms with van der Waals surface area (Å²) in [7, 11) is 1.41. The third-order valence-electron chi connectivity index (χ3n) is 3.21. The van der Waals surface area contributed by atoms with Gasteiger partial charge in [-0.05, 0) is 30.9 Å². The molecule has 17 heavy (non-hydrogen) atoms. The van der Waals surface area contributed by atoms with Crippen LogP contribution < -0.4 is 9.96 Å². The summed E-state index contributed by atoms with van der Waals surface area (Å²) >= 11 is 0.